The Kier molecular flexibility index (Phi) is 9.72. The molecule has 3 N–H and O–H groups in total. The van der Waals surface area contributed by atoms with Crippen LogP contribution in [-0.4, -0.2) is 58.2 Å². The Morgan fingerprint density at radius 1 is 1.20 bits per heavy atom. The molecular formula is C27H43N3O5. The lowest BCUT2D eigenvalue weighted by molar-refractivity contribution is -0.144. The van der Waals surface area contributed by atoms with Crippen LogP contribution in [0.5, 0.6) is 0 Å². The number of rotatable bonds is 10. The topological polar surface area (TPSA) is 108 Å². The number of hydrogen-bond acceptors (Lipinski definition) is 5. The molecule has 0 spiro atoms. The van der Waals surface area contributed by atoms with E-state index in [1.165, 1.54) is 0 Å². The van der Waals surface area contributed by atoms with Crippen molar-refractivity contribution in [1.29, 1.82) is 0 Å². The average molecular weight is 490 g/mol. The molecule has 0 radical (unpaired) electrons. The first-order valence-corrected chi connectivity index (χ1v) is 12.6. The lowest BCUT2D eigenvalue weighted by Crippen LogP contribution is -2.55. The van der Waals surface area contributed by atoms with E-state index < -0.39 is 36.3 Å². The molecule has 0 saturated heterocycles. The minimum absolute atomic E-state index is 0.0535. The van der Waals surface area contributed by atoms with Gasteiger partial charge in [-0.15, -0.1) is 0 Å². The summed E-state index contributed by atoms with van der Waals surface area (Å²) in [5, 5.41) is 15.6. The van der Waals surface area contributed by atoms with Gasteiger partial charge in [-0.1, -0.05) is 38.5 Å². The summed E-state index contributed by atoms with van der Waals surface area (Å²) in [6.07, 6.45) is 1.69. The molecule has 8 heteroatoms. The van der Waals surface area contributed by atoms with E-state index in [1.807, 2.05) is 45.9 Å². The van der Waals surface area contributed by atoms with Crippen molar-refractivity contribution in [3.05, 3.63) is 34.9 Å². The van der Waals surface area contributed by atoms with Crippen molar-refractivity contribution in [2.75, 3.05) is 6.61 Å². The zero-order valence-electron chi connectivity index (χ0n) is 22.5. The smallest absolute Gasteiger partial charge is 0.408 e. The largest absolute Gasteiger partial charge is 0.444 e. The van der Waals surface area contributed by atoms with Crippen molar-refractivity contribution >= 4 is 17.9 Å². The predicted molar refractivity (Wildman–Crippen MR) is 136 cm³/mol. The number of aliphatic hydroxyl groups is 1. The normalized spacial score (nSPS) is 19.8. The molecular weight excluding hydrogens is 446 g/mol. The number of benzene rings is 1. The molecule has 5 unspecified atom stereocenters. The number of carbonyl (C=O) groups excluding carboxylic acids is 3. The third-order valence-corrected chi connectivity index (χ3v) is 6.43. The van der Waals surface area contributed by atoms with Crippen LogP contribution in [0.1, 0.15) is 83.5 Å². The number of alkyl carbamates (subject to hydrolysis) is 1. The zero-order chi connectivity index (χ0) is 26.5. The van der Waals surface area contributed by atoms with Gasteiger partial charge in [-0.2, -0.15) is 0 Å². The highest BCUT2D eigenvalue weighted by Crippen LogP contribution is 2.41. The van der Waals surface area contributed by atoms with E-state index in [0.717, 1.165) is 36.0 Å². The molecule has 3 amide bonds. The Morgan fingerprint density at radius 3 is 2.34 bits per heavy atom. The standard InChI is InChI=1S/C27H43N3O5/c1-9-11-18(4)28-24(32)23(20-13-10-12-16(2)19(20)5)30(22-14-17(22)3)25(33)21(15-31)29-26(34)35-27(6,7)8/h10,12-13,17-18,21-23,31H,9,11,14-15H2,1-8H3,(H,28,32)(H,29,34). The summed E-state index contributed by atoms with van der Waals surface area (Å²) in [6, 6.07) is 3.39. The lowest BCUT2D eigenvalue weighted by atomic mass is 9.94. The van der Waals surface area contributed by atoms with E-state index >= 15 is 0 Å². The number of nitrogens with one attached hydrogen (secondary N) is 2. The van der Waals surface area contributed by atoms with Crippen molar-refractivity contribution < 1.29 is 24.2 Å². The average Bonchev–Trinajstić information content (AvgIpc) is 3.46. The van der Waals surface area contributed by atoms with Crippen molar-refractivity contribution in [3.63, 3.8) is 0 Å². The van der Waals surface area contributed by atoms with Gasteiger partial charge in [0.1, 0.15) is 17.7 Å². The van der Waals surface area contributed by atoms with Crippen LogP contribution in [0.15, 0.2) is 18.2 Å². The van der Waals surface area contributed by atoms with Crippen LogP contribution in [0.3, 0.4) is 0 Å². The minimum atomic E-state index is -1.23. The fraction of sp³-hybridized carbons (Fsp3) is 0.667. The molecule has 0 heterocycles. The van der Waals surface area contributed by atoms with Gasteiger partial charge in [0, 0.05) is 12.1 Å². The maximum atomic E-state index is 13.8. The molecule has 196 valence electrons. The Bertz CT molecular complexity index is 911. The van der Waals surface area contributed by atoms with Crippen molar-refractivity contribution in [2.45, 2.75) is 104 Å². The maximum Gasteiger partial charge on any atom is 0.408 e. The summed E-state index contributed by atoms with van der Waals surface area (Å²) in [7, 11) is 0. The van der Waals surface area contributed by atoms with Gasteiger partial charge in [0.05, 0.1) is 6.61 Å². The van der Waals surface area contributed by atoms with E-state index in [4.69, 9.17) is 4.74 Å². The van der Waals surface area contributed by atoms with E-state index in [1.54, 1.807) is 25.7 Å². The van der Waals surface area contributed by atoms with Gasteiger partial charge < -0.3 is 25.4 Å². The fourth-order valence-corrected chi connectivity index (χ4v) is 4.30. The van der Waals surface area contributed by atoms with E-state index in [0.29, 0.717) is 0 Å². The first-order chi connectivity index (χ1) is 16.3. The Hall–Kier alpha value is -2.61. The molecule has 1 fully saturated rings. The minimum Gasteiger partial charge on any atom is -0.444 e. The van der Waals surface area contributed by atoms with Gasteiger partial charge >= 0.3 is 6.09 Å². The number of aliphatic hydroxyl groups excluding tert-OH is 1. The molecule has 0 aromatic heterocycles. The molecule has 0 aliphatic heterocycles. The highest BCUT2D eigenvalue weighted by Gasteiger charge is 2.48. The van der Waals surface area contributed by atoms with Gasteiger partial charge in [0.2, 0.25) is 11.8 Å². The summed E-state index contributed by atoms with van der Waals surface area (Å²) >= 11 is 0. The monoisotopic (exact) mass is 489 g/mol. The fourth-order valence-electron chi connectivity index (χ4n) is 4.30. The lowest BCUT2D eigenvalue weighted by Gasteiger charge is -2.36. The van der Waals surface area contributed by atoms with Crippen LogP contribution in [0.4, 0.5) is 4.79 Å². The second kappa shape index (κ2) is 11.9. The number of hydrogen-bond donors (Lipinski definition) is 3. The Labute approximate surface area is 209 Å². The molecule has 1 aliphatic carbocycles. The highest BCUT2D eigenvalue weighted by molar-refractivity contribution is 5.93. The van der Waals surface area contributed by atoms with E-state index in [2.05, 4.69) is 17.6 Å². The third-order valence-electron chi connectivity index (χ3n) is 6.43. The van der Waals surface area contributed by atoms with E-state index in [-0.39, 0.29) is 23.9 Å². The summed E-state index contributed by atoms with van der Waals surface area (Å²) in [6.45, 7) is 14.5. The van der Waals surface area contributed by atoms with Gasteiger partial charge in [-0.3, -0.25) is 9.59 Å². The first-order valence-electron chi connectivity index (χ1n) is 12.6. The quantitative estimate of drug-likeness (QED) is 0.464. The number of nitrogens with zero attached hydrogens (tertiary/aromatic N) is 1. The number of ether oxygens (including phenoxy) is 1. The molecule has 1 aromatic carbocycles. The zero-order valence-corrected chi connectivity index (χ0v) is 22.5. The predicted octanol–water partition coefficient (Wildman–Crippen LogP) is 3.77. The van der Waals surface area contributed by atoms with Crippen LogP contribution >= 0.6 is 0 Å². The number of aryl methyl sites for hydroxylation is 1. The second-order valence-corrected chi connectivity index (χ2v) is 10.8. The van der Waals surface area contributed by atoms with Crippen LogP contribution in [0, 0.1) is 19.8 Å². The Morgan fingerprint density at radius 2 is 1.83 bits per heavy atom. The van der Waals surface area contributed by atoms with Gasteiger partial charge in [0.25, 0.3) is 0 Å². The van der Waals surface area contributed by atoms with Crippen LogP contribution < -0.4 is 10.6 Å². The molecule has 1 aromatic rings. The molecule has 8 nitrogen and oxygen atoms in total. The summed E-state index contributed by atoms with van der Waals surface area (Å²) < 4.78 is 5.29. The van der Waals surface area contributed by atoms with Crippen molar-refractivity contribution in [1.82, 2.24) is 15.5 Å². The number of carbonyl (C=O) groups is 3. The summed E-state index contributed by atoms with van der Waals surface area (Å²) in [5.74, 6) is -0.564. The molecule has 5 atom stereocenters. The molecule has 35 heavy (non-hydrogen) atoms. The molecule has 1 saturated carbocycles. The third kappa shape index (κ3) is 7.69. The molecule has 0 bridgehead atoms. The Balaban J connectivity index is 2.48. The second-order valence-electron chi connectivity index (χ2n) is 10.8. The van der Waals surface area contributed by atoms with E-state index in [9.17, 15) is 19.5 Å². The highest BCUT2D eigenvalue weighted by atomic mass is 16.6. The summed E-state index contributed by atoms with van der Waals surface area (Å²) in [4.78, 5) is 41.5. The molecule has 1 aliphatic rings. The number of amides is 3. The SMILES string of the molecule is CCCC(C)NC(=O)C(c1cccc(C)c1C)N(C(=O)C(CO)NC(=O)OC(C)(C)C)C1CC1C. The van der Waals surface area contributed by atoms with Gasteiger partial charge in [-0.05, 0) is 77.0 Å². The maximum absolute atomic E-state index is 13.8. The van der Waals surface area contributed by atoms with Crippen LogP contribution in [0.25, 0.3) is 0 Å². The molecule has 2 rings (SSSR count). The van der Waals surface area contributed by atoms with Crippen molar-refractivity contribution in [2.24, 2.45) is 5.92 Å². The first kappa shape index (κ1) is 28.6. The van der Waals surface area contributed by atoms with Gasteiger partial charge in [-0.25, -0.2) is 4.79 Å². The summed E-state index contributed by atoms with van der Waals surface area (Å²) in [5.41, 5.74) is 1.94. The van der Waals surface area contributed by atoms with Crippen LogP contribution in [-0.2, 0) is 14.3 Å². The van der Waals surface area contributed by atoms with Gasteiger partial charge in [0.15, 0.2) is 0 Å². The van der Waals surface area contributed by atoms with Crippen LogP contribution in [0.2, 0.25) is 0 Å². The van der Waals surface area contributed by atoms with Crippen molar-refractivity contribution in [3.8, 4) is 0 Å².